The lowest BCUT2D eigenvalue weighted by atomic mass is 10.2. The number of esters is 1. The van der Waals surface area contributed by atoms with Gasteiger partial charge in [-0.05, 0) is 25.3 Å². The highest BCUT2D eigenvalue weighted by Gasteiger charge is 2.36. The quantitative estimate of drug-likeness (QED) is 0.855. The molecule has 5 nitrogen and oxygen atoms in total. The topological polar surface area (TPSA) is 72.6 Å². The van der Waals surface area contributed by atoms with Gasteiger partial charge in [-0.2, -0.15) is 0 Å². The summed E-state index contributed by atoms with van der Waals surface area (Å²) in [5.41, 5.74) is 6.53. The number of nitrogens with zero attached hydrogens (tertiary/aromatic N) is 1. The predicted molar refractivity (Wildman–Crippen MR) is 81.9 cm³/mol. The molecule has 1 amide bonds. The summed E-state index contributed by atoms with van der Waals surface area (Å²) in [5.74, 6) is -0.537. The van der Waals surface area contributed by atoms with Gasteiger partial charge in [-0.25, -0.2) is 4.79 Å². The van der Waals surface area contributed by atoms with Gasteiger partial charge in [0.2, 0.25) is 5.91 Å². The van der Waals surface area contributed by atoms with E-state index in [-0.39, 0.29) is 30.9 Å². The first-order valence-corrected chi connectivity index (χ1v) is 6.86. The van der Waals surface area contributed by atoms with E-state index in [0.717, 1.165) is 12.0 Å². The summed E-state index contributed by atoms with van der Waals surface area (Å²) < 4.78 is 5.30. The van der Waals surface area contributed by atoms with Crippen LogP contribution in [0.1, 0.15) is 25.3 Å². The first kappa shape index (κ1) is 17.5. The van der Waals surface area contributed by atoms with Crippen molar-refractivity contribution in [2.45, 2.75) is 38.5 Å². The number of rotatable bonds is 4. The van der Waals surface area contributed by atoms with Crippen molar-refractivity contribution in [3.05, 3.63) is 35.9 Å². The summed E-state index contributed by atoms with van der Waals surface area (Å²) in [6.07, 6.45) is 1.45. The van der Waals surface area contributed by atoms with Crippen LogP contribution < -0.4 is 5.73 Å². The fourth-order valence-corrected chi connectivity index (χ4v) is 2.36. The van der Waals surface area contributed by atoms with Gasteiger partial charge in [0.1, 0.15) is 12.6 Å². The molecular weight excluding hydrogens is 292 g/mol. The molecule has 0 aromatic heterocycles. The minimum Gasteiger partial charge on any atom is -0.459 e. The molecule has 6 heteroatoms. The fourth-order valence-electron chi connectivity index (χ4n) is 2.36. The Balaban J connectivity index is 0.00000220. The summed E-state index contributed by atoms with van der Waals surface area (Å²) >= 11 is 0. The number of carbonyl (C=O) groups is 2. The molecule has 1 saturated heterocycles. The van der Waals surface area contributed by atoms with E-state index >= 15 is 0 Å². The Morgan fingerprint density at radius 3 is 2.67 bits per heavy atom. The Labute approximate surface area is 130 Å². The van der Waals surface area contributed by atoms with Gasteiger partial charge < -0.3 is 15.4 Å². The third-order valence-electron chi connectivity index (χ3n) is 3.42. The smallest absolute Gasteiger partial charge is 0.329 e. The van der Waals surface area contributed by atoms with Crippen LogP contribution in [0.3, 0.4) is 0 Å². The maximum atomic E-state index is 12.1. The zero-order chi connectivity index (χ0) is 14.5. The fraction of sp³-hybridized carbons (Fsp3) is 0.467. The van der Waals surface area contributed by atoms with E-state index in [1.54, 1.807) is 6.92 Å². The van der Waals surface area contributed by atoms with E-state index in [1.165, 1.54) is 4.90 Å². The molecule has 2 atom stereocenters. The molecule has 1 heterocycles. The summed E-state index contributed by atoms with van der Waals surface area (Å²) in [5, 5.41) is 0. The van der Waals surface area contributed by atoms with Gasteiger partial charge in [0.05, 0.1) is 6.04 Å². The van der Waals surface area contributed by atoms with Crippen molar-refractivity contribution in [2.75, 3.05) is 6.54 Å². The van der Waals surface area contributed by atoms with E-state index in [9.17, 15) is 9.59 Å². The highest BCUT2D eigenvalue weighted by molar-refractivity contribution is 5.87. The largest absolute Gasteiger partial charge is 0.459 e. The molecule has 0 radical (unpaired) electrons. The van der Waals surface area contributed by atoms with Crippen molar-refractivity contribution in [3.63, 3.8) is 0 Å². The Morgan fingerprint density at radius 1 is 1.38 bits per heavy atom. The van der Waals surface area contributed by atoms with E-state index in [4.69, 9.17) is 10.5 Å². The van der Waals surface area contributed by atoms with Gasteiger partial charge >= 0.3 is 5.97 Å². The zero-order valence-corrected chi connectivity index (χ0v) is 12.8. The summed E-state index contributed by atoms with van der Waals surface area (Å²) in [6.45, 7) is 2.44. The average Bonchev–Trinajstić information content (AvgIpc) is 2.94. The third-order valence-corrected chi connectivity index (χ3v) is 3.42. The standard InChI is InChI=1S/C15H20N2O3.ClH/c1-11(16)14(18)17-9-5-8-13(17)15(19)20-10-12-6-3-2-4-7-12;/h2-4,6-7,11,13H,5,8-10,16H2,1H3;1H/t11-,13-;/m0./s1. The molecule has 1 fully saturated rings. The van der Waals surface area contributed by atoms with Gasteiger partial charge in [0.15, 0.2) is 0 Å². The van der Waals surface area contributed by atoms with E-state index in [1.807, 2.05) is 30.3 Å². The van der Waals surface area contributed by atoms with Gasteiger partial charge in [0, 0.05) is 6.54 Å². The van der Waals surface area contributed by atoms with Crippen LogP contribution in [0.4, 0.5) is 0 Å². The van der Waals surface area contributed by atoms with Crippen LogP contribution in [0.15, 0.2) is 30.3 Å². The molecule has 1 aliphatic rings. The SMILES string of the molecule is C[C@H](N)C(=O)N1CCC[C@H]1C(=O)OCc1ccccc1.Cl. The van der Waals surface area contributed by atoms with Gasteiger partial charge in [0.25, 0.3) is 0 Å². The van der Waals surface area contributed by atoms with Crippen LogP contribution in [0.2, 0.25) is 0 Å². The molecule has 1 aromatic rings. The van der Waals surface area contributed by atoms with Crippen molar-refractivity contribution < 1.29 is 14.3 Å². The predicted octanol–water partition coefficient (Wildman–Crippen LogP) is 1.49. The van der Waals surface area contributed by atoms with Crippen molar-refractivity contribution in [1.29, 1.82) is 0 Å². The molecule has 1 aliphatic heterocycles. The molecule has 0 spiro atoms. The Bertz CT molecular complexity index is 479. The highest BCUT2D eigenvalue weighted by Crippen LogP contribution is 2.19. The van der Waals surface area contributed by atoms with Crippen LogP contribution in [0.5, 0.6) is 0 Å². The number of hydrogen-bond acceptors (Lipinski definition) is 4. The van der Waals surface area contributed by atoms with Crippen molar-refractivity contribution in [2.24, 2.45) is 5.73 Å². The number of likely N-dealkylation sites (tertiary alicyclic amines) is 1. The molecule has 21 heavy (non-hydrogen) atoms. The summed E-state index contributed by atoms with van der Waals surface area (Å²) in [4.78, 5) is 25.6. The average molecular weight is 313 g/mol. The summed E-state index contributed by atoms with van der Waals surface area (Å²) in [7, 11) is 0. The normalized spacial score (nSPS) is 18.8. The minimum absolute atomic E-state index is 0. The molecule has 1 aromatic carbocycles. The zero-order valence-electron chi connectivity index (χ0n) is 12.0. The van der Waals surface area contributed by atoms with Crippen LogP contribution in [0.25, 0.3) is 0 Å². The van der Waals surface area contributed by atoms with Crippen molar-refractivity contribution in [3.8, 4) is 0 Å². The van der Waals surface area contributed by atoms with Crippen LogP contribution in [0, 0.1) is 0 Å². The maximum absolute atomic E-state index is 12.1. The first-order chi connectivity index (χ1) is 9.59. The highest BCUT2D eigenvalue weighted by atomic mass is 35.5. The second-order valence-electron chi connectivity index (χ2n) is 5.07. The molecule has 0 aliphatic carbocycles. The Morgan fingerprint density at radius 2 is 2.05 bits per heavy atom. The number of nitrogens with two attached hydrogens (primary N) is 1. The number of hydrogen-bond donors (Lipinski definition) is 1. The first-order valence-electron chi connectivity index (χ1n) is 6.86. The number of ether oxygens (including phenoxy) is 1. The summed E-state index contributed by atoms with van der Waals surface area (Å²) in [6, 6.07) is 8.41. The Hall–Kier alpha value is -1.59. The second-order valence-corrected chi connectivity index (χ2v) is 5.07. The van der Waals surface area contributed by atoms with E-state index in [0.29, 0.717) is 13.0 Å². The lowest BCUT2D eigenvalue weighted by Gasteiger charge is -2.24. The minimum atomic E-state index is -0.586. The number of carbonyl (C=O) groups excluding carboxylic acids is 2. The lowest BCUT2D eigenvalue weighted by Crippen LogP contribution is -2.47. The third kappa shape index (κ3) is 4.44. The van der Waals surface area contributed by atoms with Crippen LogP contribution in [-0.2, 0) is 20.9 Å². The monoisotopic (exact) mass is 312 g/mol. The molecule has 116 valence electrons. The van der Waals surface area contributed by atoms with Crippen LogP contribution in [-0.4, -0.2) is 35.4 Å². The van der Waals surface area contributed by atoms with Crippen molar-refractivity contribution >= 4 is 24.3 Å². The molecule has 2 rings (SSSR count). The number of amides is 1. The molecule has 0 saturated carbocycles. The second kappa shape index (κ2) is 8.00. The van der Waals surface area contributed by atoms with Crippen LogP contribution >= 0.6 is 12.4 Å². The lowest BCUT2D eigenvalue weighted by molar-refractivity contribution is -0.154. The van der Waals surface area contributed by atoms with Gasteiger partial charge in [-0.3, -0.25) is 4.79 Å². The molecular formula is C15H21ClN2O3. The number of benzene rings is 1. The molecule has 0 bridgehead atoms. The molecule has 2 N–H and O–H groups in total. The number of halogens is 1. The van der Waals surface area contributed by atoms with Gasteiger partial charge in [-0.1, -0.05) is 30.3 Å². The maximum Gasteiger partial charge on any atom is 0.329 e. The van der Waals surface area contributed by atoms with Crippen molar-refractivity contribution in [1.82, 2.24) is 4.90 Å². The molecule has 0 unspecified atom stereocenters. The van der Waals surface area contributed by atoms with E-state index in [2.05, 4.69) is 0 Å². The van der Waals surface area contributed by atoms with E-state index < -0.39 is 12.1 Å². The Kier molecular flexibility index (Phi) is 6.65. The van der Waals surface area contributed by atoms with Gasteiger partial charge in [-0.15, -0.1) is 12.4 Å².